The van der Waals surface area contributed by atoms with Crippen LogP contribution < -0.4 is 0 Å². The van der Waals surface area contributed by atoms with Crippen molar-refractivity contribution < 1.29 is 4.48 Å². The first-order valence-electron chi connectivity index (χ1n) is 5.77. The Balaban J connectivity index is 2.27. The fraction of sp³-hybridized carbons (Fsp3) is 1.00. The van der Waals surface area contributed by atoms with Crippen LogP contribution in [-0.2, 0) is 0 Å². The summed E-state index contributed by atoms with van der Waals surface area (Å²) in [6, 6.07) is 0.950. The molecule has 2 bridgehead atoms. The van der Waals surface area contributed by atoms with E-state index >= 15 is 0 Å². The molecule has 0 aromatic heterocycles. The average Bonchev–Trinajstić information content (AvgIpc) is 2.20. The van der Waals surface area contributed by atoms with Gasteiger partial charge in [-0.2, -0.15) is 0 Å². The zero-order chi connectivity index (χ0) is 9.69. The molecule has 1 aliphatic carbocycles. The summed E-state index contributed by atoms with van der Waals surface area (Å²) in [5.41, 5.74) is 0.669. The van der Waals surface area contributed by atoms with Crippen LogP contribution in [0.15, 0.2) is 0 Å². The summed E-state index contributed by atoms with van der Waals surface area (Å²) in [7, 11) is 4.85. The molecule has 3 atom stereocenters. The highest BCUT2D eigenvalue weighted by atomic mass is 15.3. The van der Waals surface area contributed by atoms with Crippen molar-refractivity contribution in [1.29, 1.82) is 0 Å². The maximum absolute atomic E-state index is 2.51. The number of nitrogens with zero attached hydrogens (tertiary/aromatic N) is 1. The molecule has 1 heteroatoms. The normalized spacial score (nSPS) is 48.9. The third-order valence-corrected chi connectivity index (χ3v) is 5.11. The van der Waals surface area contributed by atoms with E-state index in [2.05, 4.69) is 27.9 Å². The molecule has 3 aliphatic rings. The first-order chi connectivity index (χ1) is 5.94. The molecular formula is C12H24N+. The van der Waals surface area contributed by atoms with Gasteiger partial charge in [0.1, 0.15) is 0 Å². The Bertz CT molecular complexity index is 209. The molecule has 3 fully saturated rings. The van der Waals surface area contributed by atoms with Crippen LogP contribution in [-0.4, -0.2) is 31.2 Å². The highest BCUT2D eigenvalue weighted by molar-refractivity contribution is 4.90. The van der Waals surface area contributed by atoms with Crippen LogP contribution in [0.25, 0.3) is 0 Å². The van der Waals surface area contributed by atoms with Crippen molar-refractivity contribution in [2.75, 3.05) is 20.6 Å². The van der Waals surface area contributed by atoms with E-state index in [0.717, 1.165) is 12.0 Å². The predicted octanol–water partition coefficient (Wildman–Crippen LogP) is 2.66. The van der Waals surface area contributed by atoms with Crippen molar-refractivity contribution in [3.8, 4) is 0 Å². The fourth-order valence-corrected chi connectivity index (χ4v) is 3.29. The first-order valence-corrected chi connectivity index (χ1v) is 5.77. The summed E-state index contributed by atoms with van der Waals surface area (Å²) < 4.78 is 1.28. The van der Waals surface area contributed by atoms with Gasteiger partial charge in [-0.3, -0.25) is 0 Å². The molecule has 0 amide bonds. The molecule has 3 rings (SSSR count). The number of hydrogen-bond acceptors (Lipinski definition) is 0. The molecule has 0 aromatic carbocycles. The van der Waals surface area contributed by atoms with E-state index in [1.807, 2.05) is 0 Å². The van der Waals surface area contributed by atoms with E-state index in [0.29, 0.717) is 5.41 Å². The smallest absolute Gasteiger partial charge is 0.0889 e. The maximum Gasteiger partial charge on any atom is 0.0889 e. The molecule has 13 heavy (non-hydrogen) atoms. The van der Waals surface area contributed by atoms with Crippen LogP contribution in [0.4, 0.5) is 0 Å². The quantitative estimate of drug-likeness (QED) is 0.505. The Morgan fingerprint density at radius 2 is 1.92 bits per heavy atom. The predicted molar refractivity (Wildman–Crippen MR) is 56.5 cm³/mol. The molecule has 0 N–H and O–H groups in total. The molecule has 1 saturated carbocycles. The van der Waals surface area contributed by atoms with Gasteiger partial charge in [0.15, 0.2) is 0 Å². The largest absolute Gasteiger partial charge is 0.326 e. The number of rotatable bonds is 0. The minimum atomic E-state index is 0.669. The van der Waals surface area contributed by atoms with E-state index in [9.17, 15) is 0 Å². The van der Waals surface area contributed by atoms with E-state index in [1.54, 1.807) is 0 Å². The second-order valence-corrected chi connectivity index (χ2v) is 6.24. The number of quaternary nitrogens is 1. The zero-order valence-electron chi connectivity index (χ0n) is 9.64. The van der Waals surface area contributed by atoms with E-state index in [1.165, 1.54) is 36.7 Å². The van der Waals surface area contributed by atoms with Crippen molar-refractivity contribution in [1.82, 2.24) is 0 Å². The molecular weight excluding hydrogens is 158 g/mol. The van der Waals surface area contributed by atoms with Crippen molar-refractivity contribution >= 4 is 0 Å². The molecule has 1 unspecified atom stereocenters. The van der Waals surface area contributed by atoms with Gasteiger partial charge in [-0.25, -0.2) is 0 Å². The molecule has 2 aliphatic heterocycles. The van der Waals surface area contributed by atoms with E-state index in [4.69, 9.17) is 0 Å². The summed E-state index contributed by atoms with van der Waals surface area (Å²) >= 11 is 0. The minimum absolute atomic E-state index is 0.669. The highest BCUT2D eigenvalue weighted by Gasteiger charge is 2.47. The second kappa shape index (κ2) is 2.73. The van der Waals surface area contributed by atoms with Crippen molar-refractivity contribution in [3.63, 3.8) is 0 Å². The Morgan fingerprint density at radius 3 is 2.54 bits per heavy atom. The second-order valence-electron chi connectivity index (χ2n) is 6.24. The zero-order valence-corrected chi connectivity index (χ0v) is 9.64. The molecule has 2 saturated heterocycles. The van der Waals surface area contributed by atoms with Crippen LogP contribution in [0.3, 0.4) is 0 Å². The van der Waals surface area contributed by atoms with E-state index < -0.39 is 0 Å². The summed E-state index contributed by atoms with van der Waals surface area (Å²) in [4.78, 5) is 0. The lowest BCUT2D eigenvalue weighted by molar-refractivity contribution is -0.914. The standard InChI is InChI=1S/C12H24N/c1-10-9-11-5-6-12(10,2)7-8-13(11,3)4/h10-11H,5-9H2,1-4H3/q+1/t10-,11?,12-/m1/s1. The Kier molecular flexibility index (Phi) is 1.99. The summed E-state index contributed by atoms with van der Waals surface area (Å²) in [6.45, 7) is 6.38. The van der Waals surface area contributed by atoms with Gasteiger partial charge in [0.25, 0.3) is 0 Å². The molecule has 0 aromatic rings. The van der Waals surface area contributed by atoms with Gasteiger partial charge < -0.3 is 4.48 Å². The van der Waals surface area contributed by atoms with Gasteiger partial charge in [0, 0.05) is 12.8 Å². The highest BCUT2D eigenvalue weighted by Crippen LogP contribution is 2.48. The number of hydrogen-bond donors (Lipinski definition) is 0. The third kappa shape index (κ3) is 1.41. The SMILES string of the molecule is C[C@@H]1CC2CC[C@]1(C)CC[N+]2(C)C. The van der Waals surface area contributed by atoms with E-state index in [-0.39, 0.29) is 0 Å². The molecule has 1 nitrogen and oxygen atoms in total. The van der Waals surface area contributed by atoms with Gasteiger partial charge in [-0.05, 0) is 24.2 Å². The Hall–Kier alpha value is -0.0400. The summed E-state index contributed by atoms with van der Waals surface area (Å²) in [5.74, 6) is 0.950. The average molecular weight is 182 g/mol. The summed E-state index contributed by atoms with van der Waals surface area (Å²) in [6.07, 6.45) is 5.84. The van der Waals surface area contributed by atoms with Crippen LogP contribution in [0.2, 0.25) is 0 Å². The lowest BCUT2D eigenvalue weighted by Crippen LogP contribution is -2.48. The van der Waals surface area contributed by atoms with Crippen molar-refractivity contribution in [3.05, 3.63) is 0 Å². The topological polar surface area (TPSA) is 0 Å². The number of fused-ring (bicyclic) bond motifs is 4. The van der Waals surface area contributed by atoms with Crippen molar-refractivity contribution in [2.24, 2.45) is 11.3 Å². The third-order valence-electron chi connectivity index (χ3n) is 5.11. The lowest BCUT2D eigenvalue weighted by atomic mass is 9.66. The van der Waals surface area contributed by atoms with Crippen LogP contribution in [0.5, 0.6) is 0 Å². The molecule has 0 spiro atoms. The maximum atomic E-state index is 2.51. The summed E-state index contributed by atoms with van der Waals surface area (Å²) in [5, 5.41) is 0. The molecule has 76 valence electrons. The van der Waals surface area contributed by atoms with Crippen LogP contribution in [0.1, 0.15) is 39.5 Å². The molecule has 2 heterocycles. The minimum Gasteiger partial charge on any atom is -0.326 e. The van der Waals surface area contributed by atoms with Gasteiger partial charge in [0.2, 0.25) is 0 Å². The lowest BCUT2D eigenvalue weighted by Gasteiger charge is -2.41. The van der Waals surface area contributed by atoms with Gasteiger partial charge in [0.05, 0.1) is 26.7 Å². The van der Waals surface area contributed by atoms with Gasteiger partial charge >= 0.3 is 0 Å². The van der Waals surface area contributed by atoms with Crippen LogP contribution >= 0.6 is 0 Å². The fourth-order valence-electron chi connectivity index (χ4n) is 3.29. The Morgan fingerprint density at radius 1 is 1.23 bits per heavy atom. The van der Waals surface area contributed by atoms with Crippen LogP contribution in [0, 0.1) is 11.3 Å². The van der Waals surface area contributed by atoms with Gasteiger partial charge in [-0.1, -0.05) is 13.8 Å². The Labute approximate surface area is 82.7 Å². The van der Waals surface area contributed by atoms with Crippen molar-refractivity contribution in [2.45, 2.75) is 45.6 Å². The molecule has 0 radical (unpaired) electrons. The first kappa shape index (κ1) is 9.51. The van der Waals surface area contributed by atoms with Gasteiger partial charge in [-0.15, -0.1) is 0 Å². The monoisotopic (exact) mass is 182 g/mol.